The Labute approximate surface area is 89.9 Å². The number of amides is 1. The molecule has 15 heavy (non-hydrogen) atoms. The van der Waals surface area contributed by atoms with Crippen LogP contribution in [0.4, 0.5) is 0 Å². The fraction of sp³-hybridized carbons (Fsp3) is 0.462. The molecule has 1 amide bonds. The minimum atomic E-state index is 0.159. The molecular formula is C13H15NO. The Morgan fingerprint density at radius 1 is 1.13 bits per heavy atom. The molecule has 3 rings (SSSR count). The number of β-lactam (4-membered cyclic amide) rings is 1. The third-order valence-electron chi connectivity index (χ3n) is 3.64. The first-order chi connectivity index (χ1) is 7.38. The minimum absolute atomic E-state index is 0.159. The maximum Gasteiger partial charge on any atom is 0.232 e. The monoisotopic (exact) mass is 201 g/mol. The number of fused-ring (bicyclic) bond motifs is 1. The summed E-state index contributed by atoms with van der Waals surface area (Å²) in [6, 6.07) is 10.7. The quantitative estimate of drug-likeness (QED) is 0.638. The zero-order valence-electron chi connectivity index (χ0n) is 8.73. The topological polar surface area (TPSA) is 20.3 Å². The molecule has 2 fully saturated rings. The van der Waals surface area contributed by atoms with Gasteiger partial charge in [-0.05, 0) is 24.8 Å². The van der Waals surface area contributed by atoms with Crippen LogP contribution in [0.2, 0.25) is 0 Å². The lowest BCUT2D eigenvalue weighted by Crippen LogP contribution is -2.60. The van der Waals surface area contributed by atoms with E-state index in [0.29, 0.717) is 11.9 Å². The highest BCUT2D eigenvalue weighted by Crippen LogP contribution is 2.40. The summed E-state index contributed by atoms with van der Waals surface area (Å²) in [5.74, 6) is 0.498. The summed E-state index contributed by atoms with van der Waals surface area (Å²) in [4.78, 5) is 14.0. The first kappa shape index (κ1) is 8.96. The van der Waals surface area contributed by atoms with E-state index in [9.17, 15) is 4.79 Å². The Kier molecular flexibility index (Phi) is 2.01. The Hall–Kier alpha value is -1.31. The summed E-state index contributed by atoms with van der Waals surface area (Å²) >= 11 is 0. The van der Waals surface area contributed by atoms with E-state index in [-0.39, 0.29) is 5.92 Å². The summed E-state index contributed by atoms with van der Waals surface area (Å²) in [7, 11) is 0. The maximum absolute atomic E-state index is 11.9. The third-order valence-corrected chi connectivity index (χ3v) is 3.64. The van der Waals surface area contributed by atoms with Gasteiger partial charge < -0.3 is 4.90 Å². The van der Waals surface area contributed by atoms with E-state index < -0.39 is 0 Å². The van der Waals surface area contributed by atoms with E-state index in [1.54, 1.807) is 0 Å². The van der Waals surface area contributed by atoms with E-state index in [1.807, 2.05) is 18.2 Å². The average Bonchev–Trinajstić information content (AvgIpc) is 2.30. The second kappa shape index (κ2) is 3.37. The standard InChI is InChI=1S/C13H15NO/c15-13-12(10-6-2-1-3-7-10)11-8-4-5-9-14(11)13/h1-3,6-7,11-12H,4-5,8-9H2. The van der Waals surface area contributed by atoms with Crippen LogP contribution in [0.1, 0.15) is 30.7 Å². The highest BCUT2D eigenvalue weighted by atomic mass is 16.2. The van der Waals surface area contributed by atoms with Crippen LogP contribution in [0.15, 0.2) is 30.3 Å². The second-order valence-electron chi connectivity index (χ2n) is 4.48. The highest BCUT2D eigenvalue weighted by Gasteiger charge is 2.48. The van der Waals surface area contributed by atoms with Crippen molar-refractivity contribution < 1.29 is 4.79 Å². The van der Waals surface area contributed by atoms with Gasteiger partial charge in [-0.1, -0.05) is 30.3 Å². The van der Waals surface area contributed by atoms with E-state index in [1.165, 1.54) is 24.8 Å². The predicted molar refractivity (Wildman–Crippen MR) is 58.5 cm³/mol. The Bertz CT molecular complexity index is 373. The maximum atomic E-state index is 11.9. The van der Waals surface area contributed by atoms with Crippen molar-refractivity contribution in [1.29, 1.82) is 0 Å². The van der Waals surface area contributed by atoms with Crippen LogP contribution in [0.25, 0.3) is 0 Å². The number of piperidine rings is 1. The van der Waals surface area contributed by atoms with Crippen LogP contribution in [-0.2, 0) is 4.79 Å². The van der Waals surface area contributed by atoms with Crippen LogP contribution < -0.4 is 0 Å². The molecule has 0 N–H and O–H groups in total. The van der Waals surface area contributed by atoms with Gasteiger partial charge in [0.2, 0.25) is 5.91 Å². The molecule has 2 unspecified atom stereocenters. The van der Waals surface area contributed by atoms with Crippen molar-refractivity contribution in [1.82, 2.24) is 4.90 Å². The van der Waals surface area contributed by atoms with Crippen molar-refractivity contribution in [2.24, 2.45) is 0 Å². The Morgan fingerprint density at radius 3 is 2.73 bits per heavy atom. The minimum Gasteiger partial charge on any atom is -0.338 e. The largest absolute Gasteiger partial charge is 0.338 e. The van der Waals surface area contributed by atoms with Crippen molar-refractivity contribution in [3.8, 4) is 0 Å². The van der Waals surface area contributed by atoms with Gasteiger partial charge in [-0.15, -0.1) is 0 Å². The molecule has 1 aromatic carbocycles. The molecule has 0 aliphatic carbocycles. The molecule has 2 heterocycles. The van der Waals surface area contributed by atoms with Gasteiger partial charge in [-0.25, -0.2) is 0 Å². The van der Waals surface area contributed by atoms with Gasteiger partial charge in [0.05, 0.1) is 5.92 Å². The predicted octanol–water partition coefficient (Wildman–Crippen LogP) is 2.16. The number of nitrogens with zero attached hydrogens (tertiary/aromatic N) is 1. The molecule has 1 aromatic rings. The lowest BCUT2D eigenvalue weighted by atomic mass is 9.77. The van der Waals surface area contributed by atoms with Crippen molar-refractivity contribution in [3.63, 3.8) is 0 Å². The van der Waals surface area contributed by atoms with Crippen LogP contribution in [0, 0.1) is 0 Å². The molecule has 2 saturated heterocycles. The molecule has 0 radical (unpaired) electrons. The van der Waals surface area contributed by atoms with Gasteiger partial charge in [-0.2, -0.15) is 0 Å². The Balaban J connectivity index is 1.86. The molecule has 0 bridgehead atoms. The van der Waals surface area contributed by atoms with E-state index in [4.69, 9.17) is 0 Å². The number of rotatable bonds is 1. The van der Waals surface area contributed by atoms with Crippen LogP contribution in [-0.4, -0.2) is 23.4 Å². The first-order valence-electron chi connectivity index (χ1n) is 5.73. The first-order valence-corrected chi connectivity index (χ1v) is 5.73. The molecule has 2 atom stereocenters. The summed E-state index contributed by atoms with van der Waals surface area (Å²) in [6.45, 7) is 0.979. The molecule has 2 aliphatic heterocycles. The van der Waals surface area contributed by atoms with Crippen LogP contribution >= 0.6 is 0 Å². The van der Waals surface area contributed by atoms with E-state index in [2.05, 4.69) is 17.0 Å². The second-order valence-corrected chi connectivity index (χ2v) is 4.48. The molecular weight excluding hydrogens is 186 g/mol. The summed E-state index contributed by atoms with van der Waals surface area (Å²) in [6.07, 6.45) is 3.65. The summed E-state index contributed by atoms with van der Waals surface area (Å²) < 4.78 is 0. The molecule has 2 nitrogen and oxygen atoms in total. The zero-order chi connectivity index (χ0) is 10.3. The number of carbonyl (C=O) groups excluding carboxylic acids is 1. The van der Waals surface area contributed by atoms with Gasteiger partial charge in [0.25, 0.3) is 0 Å². The van der Waals surface area contributed by atoms with E-state index >= 15 is 0 Å². The summed E-state index contributed by atoms with van der Waals surface area (Å²) in [5.41, 5.74) is 1.20. The van der Waals surface area contributed by atoms with Gasteiger partial charge in [0.15, 0.2) is 0 Å². The van der Waals surface area contributed by atoms with Gasteiger partial charge in [0, 0.05) is 12.6 Å². The zero-order valence-corrected chi connectivity index (χ0v) is 8.73. The fourth-order valence-electron chi connectivity index (χ4n) is 2.86. The molecule has 0 spiro atoms. The van der Waals surface area contributed by atoms with E-state index in [0.717, 1.165) is 6.54 Å². The van der Waals surface area contributed by atoms with Crippen molar-refractivity contribution >= 4 is 5.91 Å². The van der Waals surface area contributed by atoms with Gasteiger partial charge in [-0.3, -0.25) is 4.79 Å². The number of carbonyl (C=O) groups is 1. The fourth-order valence-corrected chi connectivity index (χ4v) is 2.86. The molecule has 2 aliphatic rings. The van der Waals surface area contributed by atoms with Crippen molar-refractivity contribution in [2.45, 2.75) is 31.2 Å². The van der Waals surface area contributed by atoms with Gasteiger partial charge >= 0.3 is 0 Å². The van der Waals surface area contributed by atoms with Crippen molar-refractivity contribution in [2.75, 3.05) is 6.54 Å². The Morgan fingerprint density at radius 2 is 1.93 bits per heavy atom. The lowest BCUT2D eigenvalue weighted by Gasteiger charge is -2.50. The number of hydrogen-bond acceptors (Lipinski definition) is 1. The smallest absolute Gasteiger partial charge is 0.232 e. The lowest BCUT2D eigenvalue weighted by molar-refractivity contribution is -0.152. The normalized spacial score (nSPS) is 29.6. The number of benzene rings is 1. The van der Waals surface area contributed by atoms with Crippen LogP contribution in [0.5, 0.6) is 0 Å². The van der Waals surface area contributed by atoms with Gasteiger partial charge in [0.1, 0.15) is 0 Å². The highest BCUT2D eigenvalue weighted by molar-refractivity contribution is 5.91. The molecule has 2 heteroatoms. The van der Waals surface area contributed by atoms with Crippen molar-refractivity contribution in [3.05, 3.63) is 35.9 Å². The number of hydrogen-bond donors (Lipinski definition) is 0. The average molecular weight is 201 g/mol. The van der Waals surface area contributed by atoms with Crippen LogP contribution in [0.3, 0.4) is 0 Å². The SMILES string of the molecule is O=C1C(c2ccccc2)C2CCCCN12. The molecule has 0 aromatic heterocycles. The third kappa shape index (κ3) is 1.28. The summed E-state index contributed by atoms with van der Waals surface area (Å²) in [5, 5.41) is 0. The molecule has 78 valence electrons. The molecule has 0 saturated carbocycles.